The molecule has 1 fully saturated rings. The maximum atomic E-state index is 13.3. The molecular formula is C17H25FIN3O. The highest BCUT2D eigenvalue weighted by molar-refractivity contribution is 14.1. The van der Waals surface area contributed by atoms with Crippen molar-refractivity contribution < 1.29 is 9.18 Å². The van der Waals surface area contributed by atoms with Gasteiger partial charge in [0.15, 0.2) is 0 Å². The first-order valence-corrected chi connectivity index (χ1v) is 9.14. The molecule has 1 amide bonds. The average molecular weight is 433 g/mol. The summed E-state index contributed by atoms with van der Waals surface area (Å²) in [7, 11) is 4.19. The molecule has 1 saturated heterocycles. The summed E-state index contributed by atoms with van der Waals surface area (Å²) in [6, 6.07) is 4.32. The van der Waals surface area contributed by atoms with Crippen LogP contribution < -0.4 is 5.32 Å². The largest absolute Gasteiger partial charge is 0.352 e. The van der Waals surface area contributed by atoms with E-state index in [9.17, 15) is 9.18 Å². The first kappa shape index (κ1) is 18.6. The molecule has 0 aromatic heterocycles. The third-order valence-corrected chi connectivity index (χ3v) is 5.24. The Bertz CT molecular complexity index is 531. The van der Waals surface area contributed by atoms with Gasteiger partial charge in [-0.05, 0) is 86.7 Å². The Morgan fingerprint density at radius 3 is 2.74 bits per heavy atom. The molecule has 6 heteroatoms. The zero-order chi connectivity index (χ0) is 16.8. The van der Waals surface area contributed by atoms with Gasteiger partial charge < -0.3 is 15.1 Å². The molecule has 0 radical (unpaired) electrons. The number of hydrogen-bond donors (Lipinski definition) is 1. The molecule has 4 nitrogen and oxygen atoms in total. The topological polar surface area (TPSA) is 35.6 Å². The van der Waals surface area contributed by atoms with E-state index in [-0.39, 0.29) is 11.7 Å². The van der Waals surface area contributed by atoms with E-state index in [1.54, 1.807) is 6.07 Å². The van der Waals surface area contributed by atoms with Gasteiger partial charge in [0.2, 0.25) is 0 Å². The van der Waals surface area contributed by atoms with Crippen molar-refractivity contribution in [2.45, 2.75) is 12.8 Å². The van der Waals surface area contributed by atoms with E-state index in [1.165, 1.54) is 12.1 Å². The molecule has 0 atom stereocenters. The molecule has 0 aliphatic carbocycles. The molecule has 0 saturated carbocycles. The lowest BCUT2D eigenvalue weighted by molar-refractivity contribution is 0.0933. The molecule has 1 aromatic rings. The number of carbonyl (C=O) groups is 1. The molecule has 0 spiro atoms. The second-order valence-corrected chi connectivity index (χ2v) is 7.58. The fourth-order valence-corrected chi connectivity index (χ4v) is 3.34. The number of likely N-dealkylation sites (tertiary alicyclic amines) is 1. The summed E-state index contributed by atoms with van der Waals surface area (Å²) < 4.78 is 14.1. The highest BCUT2D eigenvalue weighted by atomic mass is 127. The van der Waals surface area contributed by atoms with Crippen molar-refractivity contribution in [1.82, 2.24) is 15.1 Å². The molecule has 1 aliphatic heterocycles. The van der Waals surface area contributed by atoms with Crippen molar-refractivity contribution in [1.29, 1.82) is 0 Å². The molecule has 0 bridgehead atoms. The number of hydrogen-bond acceptors (Lipinski definition) is 3. The van der Waals surface area contributed by atoms with Gasteiger partial charge >= 0.3 is 0 Å². The predicted octanol–water partition coefficient (Wildman–Crippen LogP) is 2.43. The first-order chi connectivity index (χ1) is 11.0. The normalized spacial score (nSPS) is 16.7. The van der Waals surface area contributed by atoms with E-state index in [2.05, 4.69) is 51.8 Å². The lowest BCUT2D eigenvalue weighted by atomic mass is 9.96. The van der Waals surface area contributed by atoms with Crippen LogP contribution in [0.1, 0.15) is 23.2 Å². The van der Waals surface area contributed by atoms with Crippen molar-refractivity contribution in [3.63, 3.8) is 0 Å². The van der Waals surface area contributed by atoms with E-state index < -0.39 is 0 Å². The van der Waals surface area contributed by atoms with Gasteiger partial charge in [-0.2, -0.15) is 0 Å². The fraction of sp³-hybridized carbons (Fsp3) is 0.588. The van der Waals surface area contributed by atoms with Gasteiger partial charge in [0.1, 0.15) is 5.82 Å². The maximum Gasteiger partial charge on any atom is 0.252 e. The SMILES string of the molecule is CN(C)CCN1CCC(CNC(=O)c2cc(F)ccc2I)CC1. The van der Waals surface area contributed by atoms with E-state index in [4.69, 9.17) is 0 Å². The van der Waals surface area contributed by atoms with Crippen LogP contribution in [-0.4, -0.2) is 62.5 Å². The van der Waals surface area contributed by atoms with Crippen LogP contribution in [0.2, 0.25) is 0 Å². The Morgan fingerprint density at radius 2 is 2.09 bits per heavy atom. The number of amides is 1. The Hall–Kier alpha value is -0.730. The summed E-state index contributed by atoms with van der Waals surface area (Å²) in [5.41, 5.74) is 0.425. The number of carbonyl (C=O) groups excluding carboxylic acids is 1. The third kappa shape index (κ3) is 6.00. The van der Waals surface area contributed by atoms with Crippen molar-refractivity contribution in [3.8, 4) is 0 Å². The molecule has 128 valence electrons. The minimum absolute atomic E-state index is 0.177. The van der Waals surface area contributed by atoms with Crippen molar-refractivity contribution in [3.05, 3.63) is 33.1 Å². The van der Waals surface area contributed by atoms with Crippen molar-refractivity contribution in [2.75, 3.05) is 46.8 Å². The number of piperidine rings is 1. The second-order valence-electron chi connectivity index (χ2n) is 6.42. The van der Waals surface area contributed by atoms with Gasteiger partial charge in [-0.3, -0.25) is 4.79 Å². The zero-order valence-corrected chi connectivity index (χ0v) is 16.0. The van der Waals surface area contributed by atoms with E-state index >= 15 is 0 Å². The summed E-state index contributed by atoms with van der Waals surface area (Å²) in [5.74, 6) is -0.0329. The molecule has 1 aliphatic rings. The monoisotopic (exact) mass is 433 g/mol. The minimum atomic E-state index is -0.371. The summed E-state index contributed by atoms with van der Waals surface area (Å²) >= 11 is 2.07. The number of benzene rings is 1. The molecule has 1 N–H and O–H groups in total. The van der Waals surface area contributed by atoms with Gasteiger partial charge in [-0.1, -0.05) is 0 Å². The number of rotatable bonds is 6. The fourth-order valence-electron chi connectivity index (χ4n) is 2.76. The Kier molecular flexibility index (Phi) is 7.23. The highest BCUT2D eigenvalue weighted by Crippen LogP contribution is 2.17. The Balaban J connectivity index is 1.75. The van der Waals surface area contributed by atoms with E-state index in [0.717, 1.165) is 42.6 Å². The summed E-state index contributed by atoms with van der Waals surface area (Å²) in [6.07, 6.45) is 2.21. The lowest BCUT2D eigenvalue weighted by Gasteiger charge is -2.32. The molecule has 1 aromatic carbocycles. The van der Waals surface area contributed by atoms with E-state index in [1.807, 2.05) is 0 Å². The summed E-state index contributed by atoms with van der Waals surface area (Å²) in [4.78, 5) is 16.9. The predicted molar refractivity (Wildman–Crippen MR) is 99.2 cm³/mol. The van der Waals surface area contributed by atoms with Crippen molar-refractivity contribution in [2.24, 2.45) is 5.92 Å². The standard InChI is InChI=1S/C17H25FIN3O/c1-21(2)9-10-22-7-5-13(6-8-22)12-20-17(23)15-11-14(18)3-4-16(15)19/h3-4,11,13H,5-10,12H2,1-2H3,(H,20,23). The molecule has 0 unspecified atom stereocenters. The lowest BCUT2D eigenvalue weighted by Crippen LogP contribution is -2.41. The van der Waals surface area contributed by atoms with Crippen LogP contribution in [0.25, 0.3) is 0 Å². The van der Waals surface area contributed by atoms with Gasteiger partial charge in [0.05, 0.1) is 5.56 Å². The highest BCUT2D eigenvalue weighted by Gasteiger charge is 2.20. The third-order valence-electron chi connectivity index (χ3n) is 4.29. The van der Waals surface area contributed by atoms with Crippen LogP contribution in [-0.2, 0) is 0 Å². The second kappa shape index (κ2) is 8.94. The Morgan fingerprint density at radius 1 is 1.39 bits per heavy atom. The van der Waals surface area contributed by atoms with Crippen LogP contribution in [0.15, 0.2) is 18.2 Å². The average Bonchev–Trinajstić information content (AvgIpc) is 2.53. The molecular weight excluding hydrogens is 408 g/mol. The van der Waals surface area contributed by atoms with Crippen LogP contribution >= 0.6 is 22.6 Å². The summed E-state index contributed by atoms with van der Waals surface area (Å²) in [5, 5.41) is 2.96. The minimum Gasteiger partial charge on any atom is -0.352 e. The number of likely N-dealkylation sites (N-methyl/N-ethyl adjacent to an activating group) is 1. The molecule has 2 rings (SSSR count). The Labute approximate surface area is 151 Å². The quantitative estimate of drug-likeness (QED) is 0.701. The smallest absolute Gasteiger partial charge is 0.252 e. The molecule has 1 heterocycles. The number of nitrogens with zero attached hydrogens (tertiary/aromatic N) is 2. The number of nitrogens with one attached hydrogen (secondary N) is 1. The van der Waals surface area contributed by atoms with Crippen LogP contribution in [0.5, 0.6) is 0 Å². The zero-order valence-electron chi connectivity index (χ0n) is 13.8. The van der Waals surface area contributed by atoms with Gasteiger partial charge in [0.25, 0.3) is 5.91 Å². The van der Waals surface area contributed by atoms with Crippen molar-refractivity contribution >= 4 is 28.5 Å². The maximum absolute atomic E-state index is 13.3. The van der Waals surface area contributed by atoms with Crippen LogP contribution in [0.3, 0.4) is 0 Å². The summed E-state index contributed by atoms with van der Waals surface area (Å²) in [6.45, 7) is 5.04. The van der Waals surface area contributed by atoms with Crippen LogP contribution in [0.4, 0.5) is 4.39 Å². The van der Waals surface area contributed by atoms with E-state index in [0.29, 0.717) is 18.0 Å². The molecule has 23 heavy (non-hydrogen) atoms. The van der Waals surface area contributed by atoms with Gasteiger partial charge in [0, 0.05) is 23.2 Å². The first-order valence-electron chi connectivity index (χ1n) is 8.06. The van der Waals surface area contributed by atoms with Crippen LogP contribution in [0, 0.1) is 15.3 Å². The van der Waals surface area contributed by atoms with Gasteiger partial charge in [-0.15, -0.1) is 0 Å². The van der Waals surface area contributed by atoms with Gasteiger partial charge in [-0.25, -0.2) is 4.39 Å². The number of halogens is 2.